The molecule has 3 amide bonds. The number of carbonyl (C=O) groups is 2. The molecule has 1 atom stereocenters. The van der Waals surface area contributed by atoms with Crippen molar-refractivity contribution in [1.29, 1.82) is 0 Å². The minimum atomic E-state index is -0.330. The van der Waals surface area contributed by atoms with Crippen LogP contribution >= 0.6 is 11.3 Å². The highest BCUT2D eigenvalue weighted by Gasteiger charge is 2.40. The molecule has 6 heteroatoms. The molecule has 1 aromatic heterocycles. The molecule has 3 aliphatic rings. The van der Waals surface area contributed by atoms with Crippen LogP contribution in [0.25, 0.3) is 0 Å². The van der Waals surface area contributed by atoms with Crippen LogP contribution in [0.3, 0.4) is 0 Å². The van der Waals surface area contributed by atoms with Gasteiger partial charge < -0.3 is 5.32 Å². The highest BCUT2D eigenvalue weighted by Crippen LogP contribution is 2.48. The number of amides is 3. The maximum Gasteiger partial charge on any atom is 0.321 e. The first-order valence-corrected chi connectivity index (χ1v) is 9.99. The summed E-state index contributed by atoms with van der Waals surface area (Å²) in [5.41, 5.74) is 1.41. The number of nitrogens with one attached hydrogen (secondary N) is 2. The minimum Gasteiger partial charge on any atom is -0.335 e. The van der Waals surface area contributed by atoms with E-state index in [1.54, 1.807) is 0 Å². The molecule has 24 heavy (non-hydrogen) atoms. The van der Waals surface area contributed by atoms with Crippen molar-refractivity contribution in [2.75, 3.05) is 13.1 Å². The predicted molar refractivity (Wildman–Crippen MR) is 94.0 cm³/mol. The monoisotopic (exact) mass is 347 g/mol. The van der Waals surface area contributed by atoms with E-state index in [1.165, 1.54) is 36.1 Å². The van der Waals surface area contributed by atoms with Crippen LogP contribution in [0.2, 0.25) is 0 Å². The van der Waals surface area contributed by atoms with E-state index < -0.39 is 0 Å². The molecule has 0 spiro atoms. The second-order valence-corrected chi connectivity index (χ2v) is 8.31. The maximum absolute atomic E-state index is 12.3. The van der Waals surface area contributed by atoms with Gasteiger partial charge in [0.05, 0.1) is 6.54 Å². The van der Waals surface area contributed by atoms with Crippen molar-refractivity contribution >= 4 is 23.3 Å². The van der Waals surface area contributed by atoms with Gasteiger partial charge in [-0.1, -0.05) is 12.8 Å². The van der Waals surface area contributed by atoms with Crippen LogP contribution in [0, 0.1) is 5.92 Å². The second kappa shape index (κ2) is 6.84. The Balaban J connectivity index is 1.34. The fraction of sp³-hybridized carbons (Fsp3) is 0.667. The van der Waals surface area contributed by atoms with Crippen LogP contribution in [-0.2, 0) is 11.2 Å². The molecule has 2 fully saturated rings. The molecule has 0 unspecified atom stereocenters. The van der Waals surface area contributed by atoms with Gasteiger partial charge in [0.1, 0.15) is 0 Å². The van der Waals surface area contributed by atoms with Gasteiger partial charge in [-0.15, -0.1) is 11.3 Å². The first-order chi connectivity index (χ1) is 11.7. The number of carbonyl (C=O) groups excluding carboxylic acids is 2. The molecule has 0 radical (unpaired) electrons. The van der Waals surface area contributed by atoms with Gasteiger partial charge in [0.2, 0.25) is 5.91 Å². The van der Waals surface area contributed by atoms with E-state index in [2.05, 4.69) is 27.0 Å². The second-order valence-electron chi connectivity index (χ2n) is 7.30. The van der Waals surface area contributed by atoms with Gasteiger partial charge in [-0.2, -0.15) is 0 Å². The Morgan fingerprint density at radius 1 is 1.21 bits per heavy atom. The van der Waals surface area contributed by atoms with Crippen LogP contribution in [0.1, 0.15) is 55.0 Å². The molecule has 5 nitrogen and oxygen atoms in total. The summed E-state index contributed by atoms with van der Waals surface area (Å²) in [6.07, 6.45) is 7.90. The van der Waals surface area contributed by atoms with Crippen LogP contribution < -0.4 is 10.6 Å². The van der Waals surface area contributed by atoms with Crippen LogP contribution in [0.15, 0.2) is 11.4 Å². The van der Waals surface area contributed by atoms with E-state index in [-0.39, 0.29) is 18.0 Å². The van der Waals surface area contributed by atoms with Gasteiger partial charge in [0, 0.05) is 23.5 Å². The number of thiophene rings is 1. The van der Waals surface area contributed by atoms with Crippen LogP contribution in [0.5, 0.6) is 0 Å². The van der Waals surface area contributed by atoms with Gasteiger partial charge in [-0.25, -0.2) is 4.79 Å². The number of urea groups is 1. The number of fused-ring (bicyclic) bond motifs is 1. The van der Waals surface area contributed by atoms with Crippen molar-refractivity contribution in [2.24, 2.45) is 5.92 Å². The quantitative estimate of drug-likeness (QED) is 0.880. The Morgan fingerprint density at radius 2 is 2.00 bits per heavy atom. The average molecular weight is 347 g/mol. The summed E-state index contributed by atoms with van der Waals surface area (Å²) in [7, 11) is 0. The van der Waals surface area contributed by atoms with E-state index in [4.69, 9.17) is 0 Å². The molecule has 1 aromatic rings. The predicted octanol–water partition coefficient (Wildman–Crippen LogP) is 2.83. The topological polar surface area (TPSA) is 61.4 Å². The van der Waals surface area contributed by atoms with Gasteiger partial charge >= 0.3 is 6.03 Å². The zero-order valence-electron chi connectivity index (χ0n) is 13.9. The largest absolute Gasteiger partial charge is 0.335 e. The lowest BCUT2D eigenvalue weighted by Gasteiger charge is -2.35. The highest BCUT2D eigenvalue weighted by molar-refractivity contribution is 7.10. The zero-order valence-corrected chi connectivity index (χ0v) is 14.7. The van der Waals surface area contributed by atoms with E-state index in [9.17, 15) is 9.59 Å². The normalized spacial score (nSPS) is 24.6. The number of rotatable bonds is 4. The third-order valence-corrected chi connectivity index (χ3v) is 6.47. The van der Waals surface area contributed by atoms with Crippen LogP contribution in [-0.4, -0.2) is 36.0 Å². The van der Waals surface area contributed by atoms with Gasteiger partial charge in [-0.3, -0.25) is 15.0 Å². The number of imide groups is 1. The SMILES string of the molecule is O=C(CN1CCc2sccc2[C@@H]1C1CC1)NC(=O)NC1CCCC1. The summed E-state index contributed by atoms with van der Waals surface area (Å²) in [6, 6.07) is 2.49. The van der Waals surface area contributed by atoms with Gasteiger partial charge in [-0.05, 0) is 55.0 Å². The van der Waals surface area contributed by atoms with Crippen molar-refractivity contribution < 1.29 is 9.59 Å². The molecule has 2 N–H and O–H groups in total. The molecule has 0 aromatic carbocycles. The lowest BCUT2D eigenvalue weighted by molar-refractivity contribution is -0.122. The van der Waals surface area contributed by atoms with Crippen molar-refractivity contribution in [3.63, 3.8) is 0 Å². The van der Waals surface area contributed by atoms with Crippen LogP contribution in [0.4, 0.5) is 4.79 Å². The Kier molecular flexibility index (Phi) is 4.59. The maximum atomic E-state index is 12.3. The highest BCUT2D eigenvalue weighted by atomic mass is 32.1. The third kappa shape index (κ3) is 3.49. The molecule has 2 aliphatic carbocycles. The van der Waals surface area contributed by atoms with E-state index >= 15 is 0 Å². The summed E-state index contributed by atoms with van der Waals surface area (Å²) >= 11 is 1.83. The third-order valence-electron chi connectivity index (χ3n) is 5.48. The average Bonchev–Trinajstić information content (AvgIpc) is 3.05. The van der Waals surface area contributed by atoms with Crippen molar-refractivity contribution in [1.82, 2.24) is 15.5 Å². The summed E-state index contributed by atoms with van der Waals surface area (Å²) < 4.78 is 0. The van der Waals surface area contributed by atoms with Crippen molar-refractivity contribution in [2.45, 2.75) is 57.0 Å². The van der Waals surface area contributed by atoms with Gasteiger partial charge in [0.25, 0.3) is 0 Å². The van der Waals surface area contributed by atoms with E-state index in [0.717, 1.165) is 25.8 Å². The summed E-state index contributed by atoms with van der Waals surface area (Å²) in [5.74, 6) is 0.494. The standard InChI is InChI=1S/C18H25N3O2S/c22-16(20-18(23)19-13-3-1-2-4-13)11-21-9-7-15-14(8-10-24-15)17(21)12-5-6-12/h8,10,12-13,17H,1-7,9,11H2,(H2,19,20,22,23)/t17-/m0/s1. The lowest BCUT2D eigenvalue weighted by Crippen LogP contribution is -2.48. The molecule has 2 heterocycles. The Hall–Kier alpha value is -1.40. The summed E-state index contributed by atoms with van der Waals surface area (Å²) in [6.45, 7) is 1.22. The zero-order chi connectivity index (χ0) is 16.5. The van der Waals surface area contributed by atoms with E-state index in [1.807, 2.05) is 11.3 Å². The fourth-order valence-corrected chi connectivity index (χ4v) is 5.09. The molecular weight excluding hydrogens is 322 g/mol. The summed E-state index contributed by atoms with van der Waals surface area (Å²) in [5, 5.41) is 7.61. The van der Waals surface area contributed by atoms with Gasteiger partial charge in [0.15, 0.2) is 0 Å². The Bertz CT molecular complexity index is 620. The van der Waals surface area contributed by atoms with Crippen molar-refractivity contribution in [3.8, 4) is 0 Å². The lowest BCUT2D eigenvalue weighted by atomic mass is 9.96. The Morgan fingerprint density at radius 3 is 2.75 bits per heavy atom. The fourth-order valence-electron chi connectivity index (χ4n) is 4.18. The minimum absolute atomic E-state index is 0.185. The number of hydrogen-bond acceptors (Lipinski definition) is 4. The summed E-state index contributed by atoms with van der Waals surface area (Å²) in [4.78, 5) is 28.0. The number of nitrogens with zero attached hydrogens (tertiary/aromatic N) is 1. The molecule has 2 saturated carbocycles. The molecule has 1 aliphatic heterocycles. The first kappa shape index (κ1) is 16.1. The smallest absolute Gasteiger partial charge is 0.321 e. The Labute approximate surface area is 146 Å². The van der Waals surface area contributed by atoms with E-state index in [0.29, 0.717) is 18.5 Å². The number of hydrogen-bond donors (Lipinski definition) is 2. The molecule has 130 valence electrons. The molecular formula is C18H25N3O2S. The molecule has 0 saturated heterocycles. The molecule has 4 rings (SSSR count). The van der Waals surface area contributed by atoms with Crippen molar-refractivity contribution in [3.05, 3.63) is 21.9 Å². The first-order valence-electron chi connectivity index (χ1n) is 9.11. The molecule has 0 bridgehead atoms.